The Labute approximate surface area is 53.9 Å². The molecule has 8 heavy (non-hydrogen) atoms. The van der Waals surface area contributed by atoms with Crippen molar-refractivity contribution in [3.8, 4) is 0 Å². The summed E-state index contributed by atoms with van der Waals surface area (Å²) < 4.78 is 0. The third-order valence-electron chi connectivity index (χ3n) is 0.521. The second-order valence-electron chi connectivity index (χ2n) is 1.03. The molecule has 0 amide bonds. The first-order chi connectivity index (χ1) is 3.18. The van der Waals surface area contributed by atoms with Crippen LogP contribution in [0.3, 0.4) is 0 Å². The van der Waals surface area contributed by atoms with E-state index in [0.717, 1.165) is 0 Å². The van der Waals surface area contributed by atoms with Crippen LogP contribution in [-0.2, 0) is 4.79 Å². The molecule has 0 spiro atoms. The molecule has 1 N–H and O–H groups in total. The van der Waals surface area contributed by atoms with Crippen molar-refractivity contribution in [2.24, 2.45) is 0 Å². The first-order valence-corrected chi connectivity index (χ1v) is 1.73. The van der Waals surface area contributed by atoms with Gasteiger partial charge >= 0.3 is 5.97 Å². The Kier molecular flexibility index (Phi) is 5.65. The molecule has 46 valence electrons. The van der Waals surface area contributed by atoms with Gasteiger partial charge in [-0.05, 0) is 0 Å². The number of rotatable bonds is 2. The molecule has 0 radical (unpaired) electrons. The van der Waals surface area contributed by atoms with Crippen molar-refractivity contribution >= 4 is 18.4 Å². The minimum atomic E-state index is -1.02. The average molecular weight is 135 g/mol. The van der Waals surface area contributed by atoms with Gasteiger partial charge < -0.3 is 5.11 Å². The van der Waals surface area contributed by atoms with Gasteiger partial charge in [0.2, 0.25) is 0 Å². The number of hydrogen-bond donors (Lipinski definition) is 1. The van der Waals surface area contributed by atoms with E-state index in [2.05, 4.69) is 13.2 Å². The Bertz CT molecular complexity index is 118. The molecule has 0 aromatic carbocycles. The van der Waals surface area contributed by atoms with E-state index in [9.17, 15) is 4.79 Å². The maximum atomic E-state index is 9.76. The van der Waals surface area contributed by atoms with E-state index in [1.54, 1.807) is 0 Å². The molecule has 0 saturated heterocycles. The highest BCUT2D eigenvalue weighted by molar-refractivity contribution is 5.88. The van der Waals surface area contributed by atoms with Gasteiger partial charge in [0.1, 0.15) is 0 Å². The van der Waals surface area contributed by atoms with Crippen LogP contribution < -0.4 is 0 Å². The second kappa shape index (κ2) is 4.40. The number of carboxylic acids is 1. The fraction of sp³-hybridized carbons (Fsp3) is 0. The number of carboxylic acid groups (broad SMARTS) is 1. The van der Waals surface area contributed by atoms with Crippen LogP contribution in [0.5, 0.6) is 0 Å². The average Bonchev–Trinajstić information content (AvgIpc) is 1.65. The van der Waals surface area contributed by atoms with E-state index in [4.69, 9.17) is 5.11 Å². The largest absolute Gasteiger partial charge is 0.478 e. The van der Waals surface area contributed by atoms with E-state index in [0.29, 0.717) is 0 Å². The zero-order valence-corrected chi connectivity index (χ0v) is 5.07. The molecule has 0 aromatic rings. The van der Waals surface area contributed by atoms with Crippen molar-refractivity contribution in [1.82, 2.24) is 0 Å². The first kappa shape index (κ1) is 10.3. The van der Waals surface area contributed by atoms with E-state index < -0.39 is 5.97 Å². The molecule has 0 aliphatic carbocycles. The number of aliphatic carboxylic acids is 1. The van der Waals surface area contributed by atoms with Crippen molar-refractivity contribution in [2.45, 2.75) is 0 Å². The van der Waals surface area contributed by atoms with E-state index in [-0.39, 0.29) is 18.0 Å². The first-order valence-electron chi connectivity index (χ1n) is 1.73. The Morgan fingerprint density at radius 3 is 2.00 bits per heavy atom. The molecular formula is C5H7ClO2. The summed E-state index contributed by atoms with van der Waals surface area (Å²) in [4.78, 5) is 9.76. The summed E-state index contributed by atoms with van der Waals surface area (Å²) in [5.74, 6) is -1.02. The summed E-state index contributed by atoms with van der Waals surface area (Å²) >= 11 is 0. The zero-order valence-electron chi connectivity index (χ0n) is 4.26. The van der Waals surface area contributed by atoms with Crippen molar-refractivity contribution in [3.05, 3.63) is 24.8 Å². The summed E-state index contributed by atoms with van der Waals surface area (Å²) in [5, 5.41) is 8.01. The van der Waals surface area contributed by atoms with Gasteiger partial charge in [-0.3, -0.25) is 0 Å². The SMILES string of the molecule is C=CC(=C)C(=O)O.Cl. The molecule has 2 nitrogen and oxygen atoms in total. The van der Waals surface area contributed by atoms with E-state index in [1.807, 2.05) is 0 Å². The van der Waals surface area contributed by atoms with Crippen LogP contribution in [0.4, 0.5) is 0 Å². The van der Waals surface area contributed by atoms with Crippen molar-refractivity contribution in [2.75, 3.05) is 0 Å². The molecule has 0 aliphatic heterocycles. The summed E-state index contributed by atoms with van der Waals surface area (Å²) in [5.41, 5.74) is 0.0278. The minimum absolute atomic E-state index is 0. The Morgan fingerprint density at radius 1 is 1.62 bits per heavy atom. The Balaban J connectivity index is 0. The van der Waals surface area contributed by atoms with Crippen LogP contribution in [0.25, 0.3) is 0 Å². The molecular weight excluding hydrogens is 128 g/mol. The van der Waals surface area contributed by atoms with Crippen LogP contribution in [0.15, 0.2) is 24.8 Å². The number of halogens is 1. The van der Waals surface area contributed by atoms with E-state index in [1.165, 1.54) is 6.08 Å². The normalized spacial score (nSPS) is 6.50. The van der Waals surface area contributed by atoms with Crippen molar-refractivity contribution in [3.63, 3.8) is 0 Å². The highest BCUT2D eigenvalue weighted by Crippen LogP contribution is 1.86. The minimum Gasteiger partial charge on any atom is -0.478 e. The third-order valence-corrected chi connectivity index (χ3v) is 0.521. The van der Waals surface area contributed by atoms with Gasteiger partial charge in [0.15, 0.2) is 0 Å². The lowest BCUT2D eigenvalue weighted by molar-refractivity contribution is -0.132. The van der Waals surface area contributed by atoms with Gasteiger partial charge in [-0.1, -0.05) is 19.2 Å². The maximum Gasteiger partial charge on any atom is 0.335 e. The van der Waals surface area contributed by atoms with E-state index >= 15 is 0 Å². The topological polar surface area (TPSA) is 37.3 Å². The van der Waals surface area contributed by atoms with Crippen LogP contribution in [0, 0.1) is 0 Å². The molecule has 0 saturated carbocycles. The van der Waals surface area contributed by atoms with Gasteiger partial charge in [0.25, 0.3) is 0 Å². The molecule has 3 heteroatoms. The quantitative estimate of drug-likeness (QED) is 0.456. The summed E-state index contributed by atoms with van der Waals surface area (Å²) in [6.45, 7) is 6.36. The number of carbonyl (C=O) groups is 1. The molecule has 0 atom stereocenters. The van der Waals surface area contributed by atoms with Crippen molar-refractivity contribution < 1.29 is 9.90 Å². The second-order valence-corrected chi connectivity index (χ2v) is 1.03. The third kappa shape index (κ3) is 3.43. The molecule has 0 aromatic heterocycles. The number of hydrogen-bond acceptors (Lipinski definition) is 1. The highest BCUT2D eigenvalue weighted by atomic mass is 35.5. The Morgan fingerprint density at radius 2 is 2.00 bits per heavy atom. The lowest BCUT2D eigenvalue weighted by atomic mass is 10.3. The molecule has 0 unspecified atom stereocenters. The standard InChI is InChI=1S/C5H6O2.ClH/c1-3-4(2)5(6)7;/h3H,1-2H2,(H,6,7);1H. The molecule has 0 rings (SSSR count). The molecule has 0 fully saturated rings. The van der Waals surface area contributed by atoms with Crippen LogP contribution in [0.1, 0.15) is 0 Å². The maximum absolute atomic E-state index is 9.76. The predicted octanol–water partition coefficient (Wildman–Crippen LogP) is 1.23. The molecule has 0 bridgehead atoms. The van der Waals surface area contributed by atoms with Crippen LogP contribution in [-0.4, -0.2) is 11.1 Å². The molecule has 0 heterocycles. The van der Waals surface area contributed by atoms with Gasteiger partial charge in [-0.2, -0.15) is 0 Å². The highest BCUT2D eigenvalue weighted by Gasteiger charge is 1.93. The van der Waals surface area contributed by atoms with Gasteiger partial charge in [-0.15, -0.1) is 12.4 Å². The van der Waals surface area contributed by atoms with Gasteiger partial charge in [-0.25, -0.2) is 4.79 Å². The lowest BCUT2D eigenvalue weighted by Gasteiger charge is -1.82. The zero-order chi connectivity index (χ0) is 5.86. The van der Waals surface area contributed by atoms with Crippen molar-refractivity contribution in [1.29, 1.82) is 0 Å². The van der Waals surface area contributed by atoms with Crippen LogP contribution >= 0.6 is 12.4 Å². The summed E-state index contributed by atoms with van der Waals surface area (Å²) in [6, 6.07) is 0. The molecule has 0 aliphatic rings. The smallest absolute Gasteiger partial charge is 0.335 e. The summed E-state index contributed by atoms with van der Waals surface area (Å²) in [6.07, 6.45) is 1.20. The van der Waals surface area contributed by atoms with Gasteiger partial charge in [0, 0.05) is 0 Å². The Hall–Kier alpha value is -0.760. The summed E-state index contributed by atoms with van der Waals surface area (Å²) in [7, 11) is 0. The fourth-order valence-electron chi connectivity index (χ4n) is 0.0873. The monoisotopic (exact) mass is 134 g/mol. The van der Waals surface area contributed by atoms with Crippen LogP contribution in [0.2, 0.25) is 0 Å². The lowest BCUT2D eigenvalue weighted by Crippen LogP contribution is -1.93. The van der Waals surface area contributed by atoms with Gasteiger partial charge in [0.05, 0.1) is 5.57 Å². The fourth-order valence-corrected chi connectivity index (χ4v) is 0.0873. The predicted molar refractivity (Wildman–Crippen MR) is 34.2 cm³/mol.